The molecule has 0 saturated heterocycles. The van der Waals surface area contributed by atoms with Crippen LogP contribution in [0, 0.1) is 6.92 Å². The average molecular weight is 349 g/mol. The number of hydrogen-bond acceptors (Lipinski definition) is 3. The number of fused-ring (bicyclic) bond motifs is 1. The van der Waals surface area contributed by atoms with Crippen LogP contribution in [0.4, 0.5) is 4.79 Å². The Balaban J connectivity index is 1.65. The van der Waals surface area contributed by atoms with Crippen LogP contribution in [0.5, 0.6) is 5.88 Å². The zero-order valence-corrected chi connectivity index (χ0v) is 14.9. The van der Waals surface area contributed by atoms with Crippen molar-refractivity contribution < 1.29 is 9.53 Å². The number of nitrogens with zero attached hydrogens (tertiary/aromatic N) is 3. The quantitative estimate of drug-likeness (QED) is 0.927. The predicted molar refractivity (Wildman–Crippen MR) is 92.3 cm³/mol. The predicted octanol–water partition coefficient (Wildman–Crippen LogP) is 2.66. The number of ether oxygens (including phenoxy) is 1. The van der Waals surface area contributed by atoms with Crippen LogP contribution >= 0.6 is 11.6 Å². The van der Waals surface area contributed by atoms with E-state index in [1.54, 1.807) is 11.8 Å². The number of aryl methyl sites for hydroxylation is 2. The topological polar surface area (TPSA) is 59.4 Å². The Bertz CT molecular complexity index is 772. The number of carbonyl (C=O) groups excluding carboxylic acids is 1. The Morgan fingerprint density at radius 3 is 2.96 bits per heavy atom. The van der Waals surface area contributed by atoms with Gasteiger partial charge in [-0.05, 0) is 36.6 Å². The highest BCUT2D eigenvalue weighted by Crippen LogP contribution is 2.23. The van der Waals surface area contributed by atoms with Crippen LogP contribution in [0.25, 0.3) is 0 Å². The average Bonchev–Trinajstić information content (AvgIpc) is 2.84. The number of urea groups is 1. The molecule has 0 atom stereocenters. The van der Waals surface area contributed by atoms with E-state index in [1.807, 2.05) is 37.1 Å². The Hall–Kier alpha value is -2.21. The molecular weight excluding hydrogens is 328 g/mol. The lowest BCUT2D eigenvalue weighted by Gasteiger charge is -2.29. The fourth-order valence-corrected chi connectivity index (χ4v) is 3.31. The summed E-state index contributed by atoms with van der Waals surface area (Å²) in [4.78, 5) is 14.3. The second kappa shape index (κ2) is 6.73. The van der Waals surface area contributed by atoms with E-state index in [0.29, 0.717) is 25.5 Å². The van der Waals surface area contributed by atoms with E-state index < -0.39 is 0 Å². The third kappa shape index (κ3) is 3.19. The first-order valence-corrected chi connectivity index (χ1v) is 8.24. The zero-order valence-electron chi connectivity index (χ0n) is 14.1. The molecule has 1 aliphatic heterocycles. The molecule has 0 spiro atoms. The van der Waals surface area contributed by atoms with Crippen LogP contribution in [0.15, 0.2) is 18.2 Å². The molecule has 7 heteroatoms. The second-order valence-corrected chi connectivity index (χ2v) is 6.38. The van der Waals surface area contributed by atoms with Gasteiger partial charge in [0.25, 0.3) is 0 Å². The number of carbonyl (C=O) groups is 1. The van der Waals surface area contributed by atoms with Gasteiger partial charge < -0.3 is 15.0 Å². The van der Waals surface area contributed by atoms with Gasteiger partial charge in [0.15, 0.2) is 0 Å². The lowest BCUT2D eigenvalue weighted by Crippen LogP contribution is -2.42. The molecule has 1 aromatic heterocycles. The monoisotopic (exact) mass is 348 g/mol. The van der Waals surface area contributed by atoms with Gasteiger partial charge >= 0.3 is 6.03 Å². The lowest BCUT2D eigenvalue weighted by molar-refractivity contribution is 0.192. The van der Waals surface area contributed by atoms with Gasteiger partial charge in [0.05, 0.1) is 24.9 Å². The lowest BCUT2D eigenvalue weighted by atomic mass is 10.0. The van der Waals surface area contributed by atoms with Gasteiger partial charge in [-0.2, -0.15) is 5.10 Å². The molecule has 2 aromatic rings. The standard InChI is InChI=1S/C17H21ClN4O2/c1-11-15(16(24-3)21(2)20-11)9-19-17(23)22-7-6-12-8-14(18)5-4-13(12)10-22/h4-5,8H,6-7,9-10H2,1-3H3,(H,19,23). The molecule has 6 nitrogen and oxygen atoms in total. The van der Waals surface area contributed by atoms with E-state index in [1.165, 1.54) is 5.56 Å². The minimum absolute atomic E-state index is 0.0825. The normalized spacial score (nSPS) is 13.6. The van der Waals surface area contributed by atoms with E-state index in [9.17, 15) is 4.79 Å². The Kier molecular flexibility index (Phi) is 4.66. The molecule has 0 radical (unpaired) electrons. The summed E-state index contributed by atoms with van der Waals surface area (Å²) in [6, 6.07) is 5.76. The number of methoxy groups -OCH3 is 1. The van der Waals surface area contributed by atoms with E-state index in [0.717, 1.165) is 28.3 Å². The van der Waals surface area contributed by atoms with E-state index in [-0.39, 0.29) is 6.03 Å². The second-order valence-electron chi connectivity index (χ2n) is 5.94. The minimum Gasteiger partial charge on any atom is -0.481 e. The summed E-state index contributed by atoms with van der Waals surface area (Å²) in [6.45, 7) is 3.58. The van der Waals surface area contributed by atoms with Crippen molar-refractivity contribution in [3.05, 3.63) is 45.6 Å². The summed E-state index contributed by atoms with van der Waals surface area (Å²) in [7, 11) is 3.43. The van der Waals surface area contributed by atoms with Gasteiger partial charge in [-0.3, -0.25) is 0 Å². The van der Waals surface area contributed by atoms with Gasteiger partial charge in [0, 0.05) is 25.2 Å². The van der Waals surface area contributed by atoms with Crippen molar-refractivity contribution in [2.45, 2.75) is 26.4 Å². The van der Waals surface area contributed by atoms with Crippen LogP contribution in [-0.2, 0) is 26.6 Å². The third-order valence-corrected chi connectivity index (χ3v) is 4.60. The van der Waals surface area contributed by atoms with Crippen LogP contribution in [-0.4, -0.2) is 34.4 Å². The van der Waals surface area contributed by atoms with Crippen molar-refractivity contribution in [3.8, 4) is 5.88 Å². The van der Waals surface area contributed by atoms with Crippen molar-refractivity contribution in [2.75, 3.05) is 13.7 Å². The first-order chi connectivity index (χ1) is 11.5. The van der Waals surface area contributed by atoms with Crippen molar-refractivity contribution in [2.24, 2.45) is 7.05 Å². The van der Waals surface area contributed by atoms with Crippen molar-refractivity contribution >= 4 is 17.6 Å². The van der Waals surface area contributed by atoms with Crippen LogP contribution in [0.3, 0.4) is 0 Å². The molecule has 1 aliphatic rings. The highest BCUT2D eigenvalue weighted by atomic mass is 35.5. The maximum absolute atomic E-state index is 12.5. The van der Waals surface area contributed by atoms with Crippen LogP contribution in [0.1, 0.15) is 22.4 Å². The van der Waals surface area contributed by atoms with Gasteiger partial charge in [0.1, 0.15) is 0 Å². The molecule has 0 aliphatic carbocycles. The maximum Gasteiger partial charge on any atom is 0.317 e. The summed E-state index contributed by atoms with van der Waals surface area (Å²) in [5.41, 5.74) is 4.12. The number of amides is 2. The summed E-state index contributed by atoms with van der Waals surface area (Å²) < 4.78 is 7.03. The molecule has 0 fully saturated rings. The van der Waals surface area contributed by atoms with Crippen molar-refractivity contribution in [1.82, 2.24) is 20.0 Å². The summed E-state index contributed by atoms with van der Waals surface area (Å²) in [5, 5.41) is 8.03. The molecule has 2 heterocycles. The zero-order chi connectivity index (χ0) is 17.3. The molecule has 0 bridgehead atoms. The summed E-state index contributed by atoms with van der Waals surface area (Å²) in [6.07, 6.45) is 0.818. The number of aromatic nitrogens is 2. The highest BCUT2D eigenvalue weighted by molar-refractivity contribution is 6.30. The number of halogens is 1. The Morgan fingerprint density at radius 1 is 1.42 bits per heavy atom. The molecule has 1 aromatic carbocycles. The van der Waals surface area contributed by atoms with Crippen LogP contribution in [0.2, 0.25) is 5.02 Å². The fourth-order valence-electron chi connectivity index (χ4n) is 3.11. The van der Waals surface area contributed by atoms with Gasteiger partial charge in [-0.25, -0.2) is 9.48 Å². The van der Waals surface area contributed by atoms with Crippen molar-refractivity contribution in [1.29, 1.82) is 0 Å². The third-order valence-electron chi connectivity index (χ3n) is 4.37. The van der Waals surface area contributed by atoms with E-state index in [4.69, 9.17) is 16.3 Å². The first-order valence-electron chi connectivity index (χ1n) is 7.86. The van der Waals surface area contributed by atoms with Gasteiger partial charge in [-0.15, -0.1) is 0 Å². The Morgan fingerprint density at radius 2 is 2.21 bits per heavy atom. The molecule has 1 N–H and O–H groups in total. The maximum atomic E-state index is 12.5. The van der Waals surface area contributed by atoms with Gasteiger partial charge in [0.2, 0.25) is 5.88 Å². The summed E-state index contributed by atoms with van der Waals surface area (Å²) >= 11 is 6.03. The number of nitrogens with one attached hydrogen (secondary N) is 1. The van der Waals surface area contributed by atoms with Crippen molar-refractivity contribution in [3.63, 3.8) is 0 Å². The molecule has 0 unspecified atom stereocenters. The first kappa shape index (κ1) is 16.6. The SMILES string of the molecule is COc1c(CNC(=O)N2CCc3cc(Cl)ccc3C2)c(C)nn1C. The minimum atomic E-state index is -0.0825. The fraction of sp³-hybridized carbons (Fsp3) is 0.412. The molecular formula is C17H21ClN4O2. The summed E-state index contributed by atoms with van der Waals surface area (Å²) in [5.74, 6) is 0.673. The molecule has 24 heavy (non-hydrogen) atoms. The molecule has 128 valence electrons. The van der Waals surface area contributed by atoms with Crippen LogP contribution < -0.4 is 10.1 Å². The largest absolute Gasteiger partial charge is 0.481 e. The molecule has 2 amide bonds. The number of hydrogen-bond donors (Lipinski definition) is 1. The number of rotatable bonds is 3. The van der Waals surface area contributed by atoms with E-state index in [2.05, 4.69) is 10.4 Å². The Labute approximate surface area is 146 Å². The van der Waals surface area contributed by atoms with Gasteiger partial charge in [-0.1, -0.05) is 17.7 Å². The smallest absolute Gasteiger partial charge is 0.317 e. The highest BCUT2D eigenvalue weighted by Gasteiger charge is 2.22. The molecule has 0 saturated carbocycles. The molecule has 3 rings (SSSR count). The number of benzene rings is 1. The van der Waals surface area contributed by atoms with E-state index >= 15 is 0 Å².